The Morgan fingerprint density at radius 2 is 1.92 bits per heavy atom. The lowest BCUT2D eigenvalue weighted by molar-refractivity contribution is 0.463. The van der Waals surface area contributed by atoms with Gasteiger partial charge < -0.3 is 15.1 Å². The van der Waals surface area contributed by atoms with Gasteiger partial charge in [-0.3, -0.25) is 4.99 Å². The highest BCUT2D eigenvalue weighted by Crippen LogP contribution is 2.47. The molecule has 0 saturated heterocycles. The number of halogens is 2. The number of aryl methyl sites for hydroxylation is 2. The SMILES string of the molecule is CN=C(NCc1nc(C)c(C)o1)NCC1(c2ccc(F)cc2)CC1.I. The van der Waals surface area contributed by atoms with Gasteiger partial charge in [-0.2, -0.15) is 0 Å². The summed E-state index contributed by atoms with van der Waals surface area (Å²) in [7, 11) is 1.73. The predicted octanol–water partition coefficient (Wildman–Crippen LogP) is 3.45. The average Bonchev–Trinajstić information content (AvgIpc) is 3.29. The molecule has 1 aliphatic rings. The highest BCUT2D eigenvalue weighted by Gasteiger charge is 2.44. The minimum Gasteiger partial charge on any atom is -0.444 e. The van der Waals surface area contributed by atoms with Crippen LogP contribution < -0.4 is 10.6 Å². The lowest BCUT2D eigenvalue weighted by atomic mass is 9.96. The highest BCUT2D eigenvalue weighted by molar-refractivity contribution is 14.0. The van der Waals surface area contributed by atoms with Gasteiger partial charge in [0.2, 0.25) is 5.89 Å². The molecule has 0 unspecified atom stereocenters. The first-order valence-electron chi connectivity index (χ1n) is 8.16. The van der Waals surface area contributed by atoms with Crippen molar-refractivity contribution in [2.75, 3.05) is 13.6 Å². The smallest absolute Gasteiger partial charge is 0.214 e. The summed E-state index contributed by atoms with van der Waals surface area (Å²) in [4.78, 5) is 8.58. The maximum Gasteiger partial charge on any atom is 0.214 e. The van der Waals surface area contributed by atoms with Gasteiger partial charge in [0.25, 0.3) is 0 Å². The van der Waals surface area contributed by atoms with Crippen molar-refractivity contribution in [2.45, 2.75) is 38.6 Å². The van der Waals surface area contributed by atoms with E-state index in [4.69, 9.17) is 4.42 Å². The minimum absolute atomic E-state index is 0. The standard InChI is InChI=1S/C18H23FN4O.HI/c1-12-13(2)24-16(23-12)10-21-17(20-3)22-11-18(8-9-18)14-4-6-15(19)7-5-14;/h4-7H,8-11H2,1-3H3,(H2,20,21,22);1H. The Kier molecular flexibility index (Phi) is 6.42. The third-order valence-electron chi connectivity index (χ3n) is 4.61. The van der Waals surface area contributed by atoms with Gasteiger partial charge in [0.1, 0.15) is 11.6 Å². The Labute approximate surface area is 164 Å². The predicted molar refractivity (Wildman–Crippen MR) is 107 cm³/mol. The topological polar surface area (TPSA) is 62.5 Å². The van der Waals surface area contributed by atoms with E-state index in [2.05, 4.69) is 20.6 Å². The first-order valence-corrected chi connectivity index (χ1v) is 8.16. The molecule has 0 radical (unpaired) electrons. The first-order chi connectivity index (χ1) is 11.5. The summed E-state index contributed by atoms with van der Waals surface area (Å²) in [6, 6.07) is 6.79. The molecule has 1 aromatic heterocycles. The van der Waals surface area contributed by atoms with Gasteiger partial charge in [-0.1, -0.05) is 12.1 Å². The molecule has 0 bridgehead atoms. The summed E-state index contributed by atoms with van der Waals surface area (Å²) in [5.74, 6) is 1.99. The summed E-state index contributed by atoms with van der Waals surface area (Å²) < 4.78 is 18.7. The monoisotopic (exact) mass is 458 g/mol. The molecular weight excluding hydrogens is 434 g/mol. The molecule has 1 aromatic carbocycles. The molecule has 1 fully saturated rings. The van der Waals surface area contributed by atoms with E-state index in [-0.39, 0.29) is 35.2 Å². The number of aliphatic imine (C=N–C) groups is 1. The molecule has 1 saturated carbocycles. The van der Waals surface area contributed by atoms with Crippen LogP contribution in [-0.4, -0.2) is 24.5 Å². The number of aromatic nitrogens is 1. The number of hydrogen-bond acceptors (Lipinski definition) is 3. The van der Waals surface area contributed by atoms with Crippen LogP contribution in [0.15, 0.2) is 33.7 Å². The van der Waals surface area contributed by atoms with Crippen LogP contribution in [0.25, 0.3) is 0 Å². The van der Waals surface area contributed by atoms with Crippen LogP contribution in [0.2, 0.25) is 0 Å². The third kappa shape index (κ3) is 4.71. The van der Waals surface area contributed by atoms with E-state index in [0.717, 1.165) is 30.8 Å². The van der Waals surface area contributed by atoms with Gasteiger partial charge in [-0.05, 0) is 44.4 Å². The summed E-state index contributed by atoms with van der Waals surface area (Å²) in [5, 5.41) is 6.56. The first kappa shape index (κ1) is 19.7. The van der Waals surface area contributed by atoms with Crippen LogP contribution in [0.5, 0.6) is 0 Å². The van der Waals surface area contributed by atoms with Gasteiger partial charge in [0, 0.05) is 19.0 Å². The summed E-state index contributed by atoms with van der Waals surface area (Å²) in [5.41, 5.74) is 2.16. The van der Waals surface area contributed by atoms with Gasteiger partial charge in [-0.15, -0.1) is 24.0 Å². The minimum atomic E-state index is -0.198. The van der Waals surface area contributed by atoms with Crippen LogP contribution in [0.1, 0.15) is 35.7 Å². The number of nitrogens with one attached hydrogen (secondary N) is 2. The molecule has 136 valence electrons. The van der Waals surface area contributed by atoms with E-state index in [1.165, 1.54) is 17.7 Å². The zero-order chi connectivity index (χ0) is 17.2. The van der Waals surface area contributed by atoms with Crippen molar-refractivity contribution in [3.05, 3.63) is 53.0 Å². The fourth-order valence-corrected chi connectivity index (χ4v) is 2.77. The van der Waals surface area contributed by atoms with Gasteiger partial charge >= 0.3 is 0 Å². The number of rotatable bonds is 5. The van der Waals surface area contributed by atoms with E-state index in [1.54, 1.807) is 7.05 Å². The molecule has 7 heteroatoms. The van der Waals surface area contributed by atoms with E-state index in [9.17, 15) is 4.39 Å². The van der Waals surface area contributed by atoms with Crippen LogP contribution in [0, 0.1) is 19.7 Å². The Morgan fingerprint density at radius 1 is 1.24 bits per heavy atom. The van der Waals surface area contributed by atoms with E-state index in [1.807, 2.05) is 26.0 Å². The Hall–Kier alpha value is -1.64. The maximum atomic E-state index is 13.1. The molecule has 1 heterocycles. The molecule has 0 spiro atoms. The van der Waals surface area contributed by atoms with Crippen LogP contribution >= 0.6 is 24.0 Å². The molecule has 5 nitrogen and oxygen atoms in total. The van der Waals surface area contributed by atoms with E-state index in [0.29, 0.717) is 18.4 Å². The molecule has 0 aliphatic heterocycles. The molecule has 3 rings (SSSR count). The number of hydrogen-bond donors (Lipinski definition) is 2. The molecule has 0 atom stereocenters. The second-order valence-corrected chi connectivity index (χ2v) is 6.32. The number of guanidine groups is 1. The lowest BCUT2D eigenvalue weighted by Gasteiger charge is -2.18. The van der Waals surface area contributed by atoms with Gasteiger partial charge in [0.15, 0.2) is 5.96 Å². The molecule has 25 heavy (non-hydrogen) atoms. The van der Waals surface area contributed by atoms with Crippen molar-refractivity contribution in [1.82, 2.24) is 15.6 Å². The lowest BCUT2D eigenvalue weighted by Crippen LogP contribution is -2.41. The quantitative estimate of drug-likeness (QED) is 0.410. The summed E-state index contributed by atoms with van der Waals surface area (Å²) in [6.07, 6.45) is 2.20. The molecule has 0 amide bonds. The van der Waals surface area contributed by atoms with Crippen molar-refractivity contribution in [2.24, 2.45) is 4.99 Å². The van der Waals surface area contributed by atoms with Gasteiger partial charge in [-0.25, -0.2) is 9.37 Å². The van der Waals surface area contributed by atoms with E-state index >= 15 is 0 Å². The molecule has 2 N–H and O–H groups in total. The van der Waals surface area contributed by atoms with Crippen molar-refractivity contribution in [3.8, 4) is 0 Å². The fourth-order valence-electron chi connectivity index (χ4n) is 2.77. The summed E-state index contributed by atoms with van der Waals surface area (Å²) in [6.45, 7) is 5.08. The Balaban J connectivity index is 0.00000225. The largest absolute Gasteiger partial charge is 0.444 e. The second kappa shape index (κ2) is 8.16. The van der Waals surface area contributed by atoms with Crippen LogP contribution in [0.3, 0.4) is 0 Å². The van der Waals surface area contributed by atoms with Crippen molar-refractivity contribution in [1.29, 1.82) is 0 Å². The second-order valence-electron chi connectivity index (χ2n) is 6.32. The molecule has 1 aliphatic carbocycles. The zero-order valence-corrected chi connectivity index (χ0v) is 17.1. The highest BCUT2D eigenvalue weighted by atomic mass is 127. The van der Waals surface area contributed by atoms with Crippen molar-refractivity contribution in [3.63, 3.8) is 0 Å². The maximum absolute atomic E-state index is 13.1. The molecule has 2 aromatic rings. The van der Waals surface area contributed by atoms with Crippen molar-refractivity contribution >= 4 is 29.9 Å². The van der Waals surface area contributed by atoms with Crippen LogP contribution in [-0.2, 0) is 12.0 Å². The summed E-state index contributed by atoms with van der Waals surface area (Å²) >= 11 is 0. The number of benzene rings is 1. The normalized spacial score (nSPS) is 15.4. The van der Waals surface area contributed by atoms with Gasteiger partial charge in [0.05, 0.1) is 12.2 Å². The van der Waals surface area contributed by atoms with Crippen LogP contribution in [0.4, 0.5) is 4.39 Å². The fraction of sp³-hybridized carbons (Fsp3) is 0.444. The zero-order valence-electron chi connectivity index (χ0n) is 14.7. The number of oxazole rings is 1. The number of nitrogens with zero attached hydrogens (tertiary/aromatic N) is 2. The van der Waals surface area contributed by atoms with E-state index < -0.39 is 0 Å². The average molecular weight is 458 g/mol. The third-order valence-corrected chi connectivity index (χ3v) is 4.61. The Morgan fingerprint density at radius 3 is 2.44 bits per heavy atom. The van der Waals surface area contributed by atoms with Crippen molar-refractivity contribution < 1.29 is 8.81 Å². The Bertz CT molecular complexity index is 719. The molecular formula is C18H24FIN4O.